The van der Waals surface area contributed by atoms with Crippen molar-refractivity contribution in [3.63, 3.8) is 0 Å². The summed E-state index contributed by atoms with van der Waals surface area (Å²) >= 11 is 0. The van der Waals surface area contributed by atoms with Gasteiger partial charge in [0.2, 0.25) is 0 Å². The Labute approximate surface area is 130 Å². The Morgan fingerprint density at radius 1 is 1.18 bits per heavy atom. The topological polar surface area (TPSA) is 62.7 Å². The summed E-state index contributed by atoms with van der Waals surface area (Å²) in [5.74, 6) is -0.556. The second kappa shape index (κ2) is 8.14. The molecule has 0 aliphatic rings. The third-order valence-electron chi connectivity index (χ3n) is 3.38. The first-order valence-corrected chi connectivity index (χ1v) is 7.19. The van der Waals surface area contributed by atoms with Crippen LogP contribution in [0.4, 0.5) is 0 Å². The number of pyridine rings is 1. The first kappa shape index (κ1) is 16.0. The third kappa shape index (κ3) is 4.86. The summed E-state index contributed by atoms with van der Waals surface area (Å²) < 4.78 is 5.59. The van der Waals surface area contributed by atoms with E-state index in [2.05, 4.69) is 9.88 Å². The summed E-state index contributed by atoms with van der Waals surface area (Å²) in [4.78, 5) is 17.2. The van der Waals surface area contributed by atoms with Gasteiger partial charge < -0.3 is 14.7 Å². The molecule has 2 rings (SSSR count). The Hall–Kier alpha value is -2.40. The van der Waals surface area contributed by atoms with Crippen LogP contribution in [0.3, 0.4) is 0 Å². The summed E-state index contributed by atoms with van der Waals surface area (Å²) in [7, 11) is 2.02. The van der Waals surface area contributed by atoms with Gasteiger partial charge in [-0.25, -0.2) is 4.79 Å². The lowest BCUT2D eigenvalue weighted by atomic mass is 10.2. The quantitative estimate of drug-likeness (QED) is 0.810. The number of aromatic nitrogens is 1. The number of aromatic carboxylic acids is 1. The van der Waals surface area contributed by atoms with Crippen molar-refractivity contribution in [2.45, 2.75) is 6.42 Å². The Bertz CT molecular complexity index is 602. The zero-order chi connectivity index (χ0) is 15.8. The molecule has 1 N–H and O–H groups in total. The van der Waals surface area contributed by atoms with Gasteiger partial charge in [-0.3, -0.25) is 4.98 Å². The molecule has 22 heavy (non-hydrogen) atoms. The number of likely N-dealkylation sites (N-methyl/N-ethyl adjacent to an activating group) is 1. The SMILES string of the molecule is CN(CCOc1ccccc1C(=O)O)CCc1ccncc1. The molecular weight excluding hydrogens is 280 g/mol. The predicted molar refractivity (Wildman–Crippen MR) is 84.3 cm³/mol. The van der Waals surface area contributed by atoms with Crippen molar-refractivity contribution >= 4 is 5.97 Å². The number of carboxylic acids is 1. The van der Waals surface area contributed by atoms with Gasteiger partial charge in [0.15, 0.2) is 0 Å². The van der Waals surface area contributed by atoms with Crippen LogP contribution in [0.25, 0.3) is 0 Å². The first-order valence-electron chi connectivity index (χ1n) is 7.19. The van der Waals surface area contributed by atoms with Crippen molar-refractivity contribution in [2.24, 2.45) is 0 Å². The van der Waals surface area contributed by atoms with Crippen molar-refractivity contribution < 1.29 is 14.6 Å². The highest BCUT2D eigenvalue weighted by Crippen LogP contribution is 2.17. The van der Waals surface area contributed by atoms with Crippen LogP contribution >= 0.6 is 0 Å². The van der Waals surface area contributed by atoms with Crippen LogP contribution in [0.2, 0.25) is 0 Å². The monoisotopic (exact) mass is 300 g/mol. The summed E-state index contributed by atoms with van der Waals surface area (Å²) in [5.41, 5.74) is 1.45. The second-order valence-electron chi connectivity index (χ2n) is 5.06. The van der Waals surface area contributed by atoms with Crippen molar-refractivity contribution in [2.75, 3.05) is 26.7 Å². The van der Waals surface area contributed by atoms with E-state index >= 15 is 0 Å². The maximum absolute atomic E-state index is 11.1. The zero-order valence-corrected chi connectivity index (χ0v) is 12.6. The predicted octanol–water partition coefficient (Wildman–Crippen LogP) is 2.33. The van der Waals surface area contributed by atoms with Gasteiger partial charge in [-0.2, -0.15) is 0 Å². The van der Waals surface area contributed by atoms with Crippen molar-refractivity contribution in [3.05, 3.63) is 59.9 Å². The molecule has 0 saturated heterocycles. The van der Waals surface area contributed by atoms with Crippen LogP contribution in [0, 0.1) is 0 Å². The molecule has 116 valence electrons. The second-order valence-corrected chi connectivity index (χ2v) is 5.06. The van der Waals surface area contributed by atoms with E-state index in [-0.39, 0.29) is 5.56 Å². The fourth-order valence-electron chi connectivity index (χ4n) is 2.06. The summed E-state index contributed by atoms with van der Waals surface area (Å²) in [6, 6.07) is 10.7. The zero-order valence-electron chi connectivity index (χ0n) is 12.6. The molecule has 0 unspecified atom stereocenters. The minimum absolute atomic E-state index is 0.196. The summed E-state index contributed by atoms with van der Waals surface area (Å²) in [5, 5.41) is 9.09. The van der Waals surface area contributed by atoms with Gasteiger partial charge in [0.1, 0.15) is 17.9 Å². The molecule has 0 spiro atoms. The number of nitrogens with zero attached hydrogens (tertiary/aromatic N) is 2. The Morgan fingerprint density at radius 3 is 2.64 bits per heavy atom. The molecule has 1 aromatic carbocycles. The van der Waals surface area contributed by atoms with Crippen molar-refractivity contribution in [1.29, 1.82) is 0 Å². The Balaban J connectivity index is 1.75. The molecule has 0 amide bonds. The van der Waals surface area contributed by atoms with E-state index in [1.54, 1.807) is 36.7 Å². The van der Waals surface area contributed by atoms with E-state index in [0.717, 1.165) is 19.5 Å². The minimum atomic E-state index is -0.971. The fourth-order valence-corrected chi connectivity index (χ4v) is 2.06. The maximum Gasteiger partial charge on any atom is 0.339 e. The van der Waals surface area contributed by atoms with Crippen LogP contribution in [0.5, 0.6) is 5.75 Å². The fraction of sp³-hybridized carbons (Fsp3) is 0.294. The molecule has 1 aromatic heterocycles. The van der Waals surface area contributed by atoms with Gasteiger partial charge >= 0.3 is 5.97 Å². The molecule has 0 radical (unpaired) electrons. The summed E-state index contributed by atoms with van der Waals surface area (Å²) in [6.45, 7) is 2.10. The minimum Gasteiger partial charge on any atom is -0.491 e. The molecule has 5 heteroatoms. The van der Waals surface area contributed by atoms with Gasteiger partial charge in [0.25, 0.3) is 0 Å². The highest BCUT2D eigenvalue weighted by atomic mass is 16.5. The lowest BCUT2D eigenvalue weighted by Gasteiger charge is -2.17. The molecule has 2 aromatic rings. The highest BCUT2D eigenvalue weighted by Gasteiger charge is 2.10. The average Bonchev–Trinajstić information content (AvgIpc) is 2.54. The lowest BCUT2D eigenvalue weighted by Crippen LogP contribution is -2.26. The van der Waals surface area contributed by atoms with Gasteiger partial charge in [-0.05, 0) is 43.3 Å². The maximum atomic E-state index is 11.1. The molecule has 0 atom stereocenters. The number of ether oxygens (including phenoxy) is 1. The standard InChI is InChI=1S/C17H20N2O3/c1-19(11-8-14-6-9-18-10-7-14)12-13-22-16-5-3-2-4-15(16)17(20)21/h2-7,9-10H,8,11-13H2,1H3,(H,20,21). The molecule has 1 heterocycles. The smallest absolute Gasteiger partial charge is 0.339 e. The van der Waals surface area contributed by atoms with E-state index in [9.17, 15) is 4.79 Å². The van der Waals surface area contributed by atoms with Crippen molar-refractivity contribution in [3.8, 4) is 5.75 Å². The lowest BCUT2D eigenvalue weighted by molar-refractivity contribution is 0.0692. The largest absolute Gasteiger partial charge is 0.491 e. The molecule has 5 nitrogen and oxygen atoms in total. The Kier molecular flexibility index (Phi) is 5.91. The molecular formula is C17H20N2O3. The van der Waals surface area contributed by atoms with Crippen LogP contribution in [0.15, 0.2) is 48.8 Å². The Morgan fingerprint density at radius 2 is 1.91 bits per heavy atom. The van der Waals surface area contributed by atoms with E-state index in [0.29, 0.717) is 12.4 Å². The van der Waals surface area contributed by atoms with Crippen LogP contribution in [-0.4, -0.2) is 47.7 Å². The highest BCUT2D eigenvalue weighted by molar-refractivity contribution is 5.90. The van der Waals surface area contributed by atoms with Crippen LogP contribution < -0.4 is 4.74 Å². The number of carbonyl (C=O) groups is 1. The van der Waals surface area contributed by atoms with Gasteiger partial charge in [-0.15, -0.1) is 0 Å². The number of hydrogen-bond donors (Lipinski definition) is 1. The number of para-hydroxylation sites is 1. The number of benzene rings is 1. The molecule has 0 aliphatic heterocycles. The normalized spacial score (nSPS) is 10.6. The van der Waals surface area contributed by atoms with E-state index < -0.39 is 5.97 Å². The van der Waals surface area contributed by atoms with Gasteiger partial charge in [0.05, 0.1) is 0 Å². The molecule has 0 aliphatic carbocycles. The van der Waals surface area contributed by atoms with Crippen molar-refractivity contribution in [1.82, 2.24) is 9.88 Å². The van der Waals surface area contributed by atoms with Crippen LogP contribution in [-0.2, 0) is 6.42 Å². The van der Waals surface area contributed by atoms with E-state index in [1.165, 1.54) is 5.56 Å². The number of rotatable bonds is 8. The first-order chi connectivity index (χ1) is 10.7. The van der Waals surface area contributed by atoms with Gasteiger partial charge in [0, 0.05) is 25.5 Å². The summed E-state index contributed by atoms with van der Waals surface area (Å²) in [6.07, 6.45) is 4.54. The average molecular weight is 300 g/mol. The van der Waals surface area contributed by atoms with E-state index in [4.69, 9.17) is 9.84 Å². The molecule has 0 fully saturated rings. The van der Waals surface area contributed by atoms with E-state index in [1.807, 2.05) is 19.2 Å². The number of carboxylic acid groups (broad SMARTS) is 1. The van der Waals surface area contributed by atoms with Crippen LogP contribution in [0.1, 0.15) is 15.9 Å². The molecule has 0 bridgehead atoms. The van der Waals surface area contributed by atoms with Gasteiger partial charge in [-0.1, -0.05) is 12.1 Å². The third-order valence-corrected chi connectivity index (χ3v) is 3.38. The number of hydrogen-bond acceptors (Lipinski definition) is 4. The molecule has 0 saturated carbocycles.